The summed E-state index contributed by atoms with van der Waals surface area (Å²) in [6.45, 7) is 7.24. The molecule has 2 aromatic heterocycles. The van der Waals surface area contributed by atoms with Crippen molar-refractivity contribution in [1.29, 1.82) is 10.7 Å². The minimum Gasteiger partial charge on any atom is -0.461 e. The number of ether oxygens (including phenoxy) is 1. The SMILES string of the molecule is CCOC(=O)c1cc(-c2ccc(N3CCC(C#N)CC3)nc2)c(C(=N)C(C)C)c(Nc2cccc(F)c2)n1. The van der Waals surface area contributed by atoms with Crippen molar-refractivity contribution in [2.75, 3.05) is 29.9 Å². The maximum absolute atomic E-state index is 13.9. The lowest BCUT2D eigenvalue weighted by Gasteiger charge is -2.30. The summed E-state index contributed by atoms with van der Waals surface area (Å²) in [6.07, 6.45) is 3.33. The Bertz CT molecular complexity index is 1360. The number of carbonyl (C=O) groups is 1. The molecular weight excluding hydrogens is 483 g/mol. The normalized spacial score (nSPS) is 13.7. The monoisotopic (exact) mass is 514 g/mol. The molecule has 9 heteroatoms. The summed E-state index contributed by atoms with van der Waals surface area (Å²) in [7, 11) is 0. The predicted molar refractivity (Wildman–Crippen MR) is 145 cm³/mol. The maximum Gasteiger partial charge on any atom is 0.357 e. The van der Waals surface area contributed by atoms with Gasteiger partial charge in [0.1, 0.15) is 17.5 Å². The van der Waals surface area contributed by atoms with E-state index in [9.17, 15) is 14.4 Å². The number of piperidine rings is 1. The molecule has 196 valence electrons. The van der Waals surface area contributed by atoms with Gasteiger partial charge in [0.25, 0.3) is 0 Å². The number of benzene rings is 1. The zero-order chi connectivity index (χ0) is 27.2. The molecule has 3 heterocycles. The molecule has 0 spiro atoms. The van der Waals surface area contributed by atoms with Crippen molar-refractivity contribution in [2.45, 2.75) is 33.6 Å². The number of carbonyl (C=O) groups excluding carboxylic acids is 1. The van der Waals surface area contributed by atoms with Crippen LogP contribution >= 0.6 is 0 Å². The number of esters is 1. The average Bonchev–Trinajstić information content (AvgIpc) is 2.92. The number of hydrogen-bond acceptors (Lipinski definition) is 8. The zero-order valence-corrected chi connectivity index (χ0v) is 21.8. The van der Waals surface area contributed by atoms with E-state index in [0.29, 0.717) is 28.1 Å². The lowest BCUT2D eigenvalue weighted by Crippen LogP contribution is -2.33. The van der Waals surface area contributed by atoms with E-state index >= 15 is 0 Å². The van der Waals surface area contributed by atoms with Gasteiger partial charge in [-0.3, -0.25) is 0 Å². The first-order chi connectivity index (χ1) is 18.3. The zero-order valence-electron chi connectivity index (χ0n) is 21.8. The summed E-state index contributed by atoms with van der Waals surface area (Å²) < 4.78 is 19.2. The van der Waals surface area contributed by atoms with Gasteiger partial charge >= 0.3 is 5.97 Å². The fourth-order valence-electron chi connectivity index (χ4n) is 4.41. The second-order valence-electron chi connectivity index (χ2n) is 9.50. The van der Waals surface area contributed by atoms with Crippen LogP contribution in [0, 0.1) is 34.4 Å². The van der Waals surface area contributed by atoms with E-state index in [2.05, 4.69) is 26.3 Å². The van der Waals surface area contributed by atoms with Crippen molar-refractivity contribution < 1.29 is 13.9 Å². The predicted octanol–water partition coefficient (Wildman–Crippen LogP) is 5.97. The molecule has 0 saturated carbocycles. The minimum atomic E-state index is -0.594. The summed E-state index contributed by atoms with van der Waals surface area (Å²) in [5.41, 5.74) is 2.63. The number of rotatable bonds is 8. The van der Waals surface area contributed by atoms with E-state index in [1.165, 1.54) is 12.1 Å². The quantitative estimate of drug-likeness (QED) is 0.281. The van der Waals surface area contributed by atoms with E-state index in [4.69, 9.17) is 10.1 Å². The molecule has 0 atom stereocenters. The molecule has 3 aromatic rings. The van der Waals surface area contributed by atoms with Crippen LogP contribution in [0.4, 0.5) is 21.7 Å². The largest absolute Gasteiger partial charge is 0.461 e. The molecule has 0 bridgehead atoms. The number of aromatic nitrogens is 2. The third-order valence-electron chi connectivity index (χ3n) is 6.50. The van der Waals surface area contributed by atoms with E-state index in [0.717, 1.165) is 31.7 Å². The summed E-state index contributed by atoms with van der Waals surface area (Å²) in [5, 5.41) is 21.2. The second-order valence-corrected chi connectivity index (χ2v) is 9.50. The highest BCUT2D eigenvalue weighted by molar-refractivity contribution is 6.10. The van der Waals surface area contributed by atoms with Gasteiger partial charge in [-0.05, 0) is 67.6 Å². The van der Waals surface area contributed by atoms with Crippen LogP contribution in [0.3, 0.4) is 0 Å². The molecule has 8 nitrogen and oxygen atoms in total. The number of nitriles is 1. The smallest absolute Gasteiger partial charge is 0.357 e. The fraction of sp³-hybridized carbons (Fsp3) is 0.345. The van der Waals surface area contributed by atoms with E-state index < -0.39 is 11.8 Å². The summed E-state index contributed by atoms with van der Waals surface area (Å²) in [5.74, 6) is -0.0108. The van der Waals surface area contributed by atoms with Crippen LogP contribution in [0.2, 0.25) is 0 Å². The molecular formula is C29H31FN6O2. The highest BCUT2D eigenvalue weighted by Gasteiger charge is 2.24. The third kappa shape index (κ3) is 5.97. The van der Waals surface area contributed by atoms with Gasteiger partial charge in [-0.2, -0.15) is 5.26 Å². The first-order valence-corrected chi connectivity index (χ1v) is 12.7. The third-order valence-corrected chi connectivity index (χ3v) is 6.50. The standard InChI is InChI=1S/C29H31FN6O2/c1-4-38-29(37)24-15-23(20-8-9-25(33-17-20)36-12-10-19(16-31)11-13-36)26(27(32)18(2)3)28(35-24)34-22-7-5-6-21(30)14-22/h5-9,14-15,17-19,32H,4,10-13H2,1-3H3,(H,34,35). The van der Waals surface area contributed by atoms with Crippen LogP contribution in [0.1, 0.15) is 49.7 Å². The Morgan fingerprint density at radius 3 is 2.63 bits per heavy atom. The van der Waals surface area contributed by atoms with Gasteiger partial charge < -0.3 is 20.4 Å². The Balaban J connectivity index is 1.80. The molecule has 0 amide bonds. The maximum atomic E-state index is 13.9. The number of anilines is 3. The Morgan fingerprint density at radius 1 is 1.26 bits per heavy atom. The molecule has 1 aliphatic rings. The van der Waals surface area contributed by atoms with Gasteiger partial charge in [0.15, 0.2) is 5.69 Å². The molecule has 1 fully saturated rings. The summed E-state index contributed by atoms with van der Waals surface area (Å²) >= 11 is 0. The highest BCUT2D eigenvalue weighted by Crippen LogP contribution is 2.34. The number of pyridine rings is 2. The van der Waals surface area contributed by atoms with Crippen molar-refractivity contribution in [1.82, 2.24) is 9.97 Å². The molecule has 4 rings (SSSR count). The Labute approximate surface area is 222 Å². The molecule has 2 N–H and O–H groups in total. The van der Waals surface area contributed by atoms with Gasteiger partial charge in [-0.25, -0.2) is 19.2 Å². The van der Waals surface area contributed by atoms with E-state index in [-0.39, 0.29) is 30.0 Å². The molecule has 0 aliphatic carbocycles. The van der Waals surface area contributed by atoms with Crippen LogP contribution < -0.4 is 10.2 Å². The second kappa shape index (κ2) is 11.8. The lowest BCUT2D eigenvalue weighted by atomic mass is 9.92. The molecule has 1 aromatic carbocycles. The van der Waals surface area contributed by atoms with Crippen LogP contribution in [0.25, 0.3) is 11.1 Å². The molecule has 0 radical (unpaired) electrons. The van der Waals surface area contributed by atoms with Gasteiger partial charge in [0.2, 0.25) is 0 Å². The first kappa shape index (κ1) is 26.7. The summed E-state index contributed by atoms with van der Waals surface area (Å²) in [6, 6.07) is 13.7. The lowest BCUT2D eigenvalue weighted by molar-refractivity contribution is 0.0519. The van der Waals surface area contributed by atoms with Crippen LogP contribution in [0.5, 0.6) is 0 Å². The van der Waals surface area contributed by atoms with Gasteiger partial charge in [-0.15, -0.1) is 0 Å². The van der Waals surface area contributed by atoms with Crippen molar-refractivity contribution >= 4 is 29.0 Å². The molecule has 0 unspecified atom stereocenters. The molecule has 38 heavy (non-hydrogen) atoms. The number of hydrogen-bond donors (Lipinski definition) is 2. The van der Waals surface area contributed by atoms with Crippen LogP contribution in [-0.4, -0.2) is 41.3 Å². The summed E-state index contributed by atoms with van der Waals surface area (Å²) in [4.78, 5) is 24.1. The Hall–Kier alpha value is -4.32. The first-order valence-electron chi connectivity index (χ1n) is 12.7. The van der Waals surface area contributed by atoms with Gasteiger partial charge in [0.05, 0.1) is 12.7 Å². The van der Waals surface area contributed by atoms with Crippen molar-refractivity contribution in [3.05, 3.63) is 65.7 Å². The highest BCUT2D eigenvalue weighted by atomic mass is 19.1. The number of nitrogens with one attached hydrogen (secondary N) is 2. The fourth-order valence-corrected chi connectivity index (χ4v) is 4.41. The average molecular weight is 515 g/mol. The number of nitrogens with zero attached hydrogens (tertiary/aromatic N) is 4. The Kier molecular flexibility index (Phi) is 8.31. The topological polar surface area (TPSA) is 115 Å². The van der Waals surface area contributed by atoms with Crippen LogP contribution in [-0.2, 0) is 4.74 Å². The van der Waals surface area contributed by atoms with Crippen LogP contribution in [0.15, 0.2) is 48.7 Å². The van der Waals surface area contributed by atoms with Gasteiger partial charge in [-0.1, -0.05) is 19.9 Å². The molecule has 1 aliphatic heterocycles. The van der Waals surface area contributed by atoms with E-state index in [1.807, 2.05) is 26.0 Å². The van der Waals surface area contributed by atoms with Crippen molar-refractivity contribution in [3.8, 4) is 17.2 Å². The number of halogens is 1. The molecule has 1 saturated heterocycles. The van der Waals surface area contributed by atoms with Crippen molar-refractivity contribution in [2.24, 2.45) is 11.8 Å². The Morgan fingerprint density at radius 2 is 2.03 bits per heavy atom. The van der Waals surface area contributed by atoms with E-state index in [1.54, 1.807) is 31.3 Å². The van der Waals surface area contributed by atoms with Gasteiger partial charge in [0, 0.05) is 47.7 Å². The van der Waals surface area contributed by atoms with Crippen molar-refractivity contribution in [3.63, 3.8) is 0 Å². The minimum absolute atomic E-state index is 0.0729.